The summed E-state index contributed by atoms with van der Waals surface area (Å²) in [5.41, 5.74) is 3.32. The predicted octanol–water partition coefficient (Wildman–Crippen LogP) is 4.66. The molecule has 0 radical (unpaired) electrons. The lowest BCUT2D eigenvalue weighted by atomic mass is 9.85. The van der Waals surface area contributed by atoms with Gasteiger partial charge in [0.2, 0.25) is 0 Å². The highest BCUT2D eigenvalue weighted by atomic mass is 19.2. The van der Waals surface area contributed by atoms with Gasteiger partial charge in [-0.25, -0.2) is 0 Å². The van der Waals surface area contributed by atoms with Gasteiger partial charge in [0.15, 0.2) is 11.4 Å². The fourth-order valence-corrected chi connectivity index (χ4v) is 4.25. The minimum absolute atomic E-state index is 0.389. The van der Waals surface area contributed by atoms with E-state index in [9.17, 15) is 0 Å². The zero-order valence-electron chi connectivity index (χ0n) is 15.9. The SMILES string of the molecule is COc1ccc(/C=C/C2=[N+]3C(=CC4=CCC(c5ccc[nH]5)N4[B-]3(F)F)C=C2)cc1. The standard InChI is InChI=1S/C22H20BF2N3O/c1-29-20-11-5-16(6-12-20)4-7-17-8-9-18-15-19-10-13-22(21-3-2-14-26-21)28(19)23(24,25)27(17)18/h2-12,14-15,22,26H,13H2,1H3/b7-4+. The fourth-order valence-electron chi connectivity index (χ4n) is 4.25. The van der Waals surface area contributed by atoms with Crippen LogP contribution in [0.1, 0.15) is 23.7 Å². The van der Waals surface area contributed by atoms with Crippen molar-refractivity contribution in [2.75, 3.05) is 7.11 Å². The second-order valence-corrected chi connectivity index (χ2v) is 7.31. The largest absolute Gasteiger partial charge is 0.734 e. The normalized spacial score (nSPS) is 22.0. The molecule has 1 aromatic carbocycles. The van der Waals surface area contributed by atoms with Gasteiger partial charge in [0.1, 0.15) is 5.75 Å². The molecule has 3 aliphatic rings. The highest BCUT2D eigenvalue weighted by Crippen LogP contribution is 2.44. The summed E-state index contributed by atoms with van der Waals surface area (Å²) in [5.74, 6) is 0.760. The Morgan fingerprint density at radius 1 is 1.17 bits per heavy atom. The van der Waals surface area contributed by atoms with E-state index in [1.807, 2.05) is 54.6 Å². The molecule has 1 aromatic heterocycles. The summed E-state index contributed by atoms with van der Waals surface area (Å²) in [7, 11) is 1.61. The number of allylic oxidation sites excluding steroid dienone is 4. The third-order valence-corrected chi connectivity index (χ3v) is 5.65. The number of nitrogens with zero attached hydrogens (tertiary/aromatic N) is 2. The molecule has 1 unspecified atom stereocenters. The van der Waals surface area contributed by atoms with Crippen molar-refractivity contribution in [1.82, 2.24) is 9.79 Å². The van der Waals surface area contributed by atoms with E-state index in [0.717, 1.165) is 17.0 Å². The van der Waals surface area contributed by atoms with Gasteiger partial charge in [-0.2, -0.15) is 0 Å². The molecular formula is C22H20BF2N3O. The van der Waals surface area contributed by atoms with E-state index in [2.05, 4.69) is 4.98 Å². The van der Waals surface area contributed by atoms with Crippen molar-refractivity contribution in [1.29, 1.82) is 0 Å². The molecule has 0 fully saturated rings. The summed E-state index contributed by atoms with van der Waals surface area (Å²) in [6, 6.07) is 10.8. The highest BCUT2D eigenvalue weighted by Gasteiger charge is 2.58. The summed E-state index contributed by atoms with van der Waals surface area (Å²) < 4.78 is 37.8. The van der Waals surface area contributed by atoms with Crippen molar-refractivity contribution < 1.29 is 17.9 Å². The average Bonchev–Trinajstić information content (AvgIpc) is 3.46. The molecule has 0 aliphatic carbocycles. The van der Waals surface area contributed by atoms with E-state index in [0.29, 0.717) is 23.5 Å². The van der Waals surface area contributed by atoms with Gasteiger partial charge in [0.05, 0.1) is 7.11 Å². The minimum Gasteiger partial charge on any atom is -0.497 e. The first-order valence-corrected chi connectivity index (χ1v) is 9.60. The molecule has 29 heavy (non-hydrogen) atoms. The van der Waals surface area contributed by atoms with E-state index < -0.39 is 6.97 Å². The Bertz CT molecular complexity index is 1100. The zero-order valence-corrected chi connectivity index (χ0v) is 15.9. The van der Waals surface area contributed by atoms with Crippen LogP contribution in [0.25, 0.3) is 6.08 Å². The van der Waals surface area contributed by atoms with E-state index >= 15 is 8.63 Å². The van der Waals surface area contributed by atoms with Gasteiger partial charge in [-0.3, -0.25) is 0 Å². The third-order valence-electron chi connectivity index (χ3n) is 5.65. The summed E-state index contributed by atoms with van der Waals surface area (Å²) >= 11 is 0. The van der Waals surface area contributed by atoms with Crippen LogP contribution in [0.3, 0.4) is 0 Å². The van der Waals surface area contributed by atoms with Gasteiger partial charge in [-0.1, -0.05) is 18.2 Å². The van der Waals surface area contributed by atoms with E-state index in [1.54, 1.807) is 31.5 Å². The van der Waals surface area contributed by atoms with Crippen LogP contribution in [0.4, 0.5) is 8.63 Å². The van der Waals surface area contributed by atoms with Gasteiger partial charge >= 0.3 is 6.97 Å². The number of aromatic amines is 1. The van der Waals surface area contributed by atoms with E-state index in [4.69, 9.17) is 4.74 Å². The van der Waals surface area contributed by atoms with Gasteiger partial charge in [0.25, 0.3) is 0 Å². The fraction of sp³-hybridized carbons (Fsp3) is 0.136. The number of methoxy groups -OCH3 is 1. The molecule has 1 N–H and O–H groups in total. The van der Waals surface area contributed by atoms with Crippen molar-refractivity contribution in [3.05, 3.63) is 95.6 Å². The monoisotopic (exact) mass is 391 g/mol. The molecule has 3 aliphatic heterocycles. The number of nitrogens with one attached hydrogen (secondary N) is 1. The maximum Gasteiger partial charge on any atom is 0.734 e. The quantitative estimate of drug-likeness (QED) is 0.769. The Hall–Kier alpha value is -3.35. The first-order valence-electron chi connectivity index (χ1n) is 9.60. The van der Waals surface area contributed by atoms with Crippen LogP contribution in [0.15, 0.2) is 84.4 Å². The van der Waals surface area contributed by atoms with Gasteiger partial charge in [-0.15, -0.1) is 0 Å². The molecule has 146 valence electrons. The minimum atomic E-state index is -3.97. The Balaban J connectivity index is 1.51. The summed E-state index contributed by atoms with van der Waals surface area (Å²) in [6.45, 7) is -3.97. The lowest BCUT2D eigenvalue weighted by Gasteiger charge is -2.41. The molecule has 0 spiro atoms. The lowest BCUT2D eigenvalue weighted by molar-refractivity contribution is -0.373. The number of hydrogen-bond donors (Lipinski definition) is 1. The Morgan fingerprint density at radius 3 is 2.72 bits per heavy atom. The second kappa shape index (κ2) is 6.62. The zero-order chi connectivity index (χ0) is 20.0. The topological polar surface area (TPSA) is 31.3 Å². The average molecular weight is 391 g/mol. The third kappa shape index (κ3) is 2.85. The van der Waals surface area contributed by atoms with E-state index in [1.165, 1.54) is 9.30 Å². The first-order chi connectivity index (χ1) is 14.1. The Kier molecular flexibility index (Phi) is 4.05. The van der Waals surface area contributed by atoms with Crippen LogP contribution in [0.2, 0.25) is 0 Å². The Morgan fingerprint density at radius 2 is 2.00 bits per heavy atom. The van der Waals surface area contributed by atoms with Crippen molar-refractivity contribution in [3.8, 4) is 5.75 Å². The molecule has 2 aromatic rings. The molecule has 7 heteroatoms. The summed E-state index contributed by atoms with van der Waals surface area (Å²) in [4.78, 5) is 4.36. The molecular weight excluding hydrogens is 371 g/mol. The van der Waals surface area contributed by atoms with Crippen LogP contribution in [-0.4, -0.2) is 34.1 Å². The van der Waals surface area contributed by atoms with Crippen LogP contribution in [-0.2, 0) is 0 Å². The van der Waals surface area contributed by atoms with Crippen molar-refractivity contribution >= 4 is 18.8 Å². The summed E-state index contributed by atoms with van der Waals surface area (Å²) in [5, 5.41) is 0. The summed E-state index contributed by atoms with van der Waals surface area (Å²) in [6.07, 6.45) is 13.1. The second-order valence-electron chi connectivity index (χ2n) is 7.31. The molecule has 1 atom stereocenters. The van der Waals surface area contributed by atoms with Crippen LogP contribution >= 0.6 is 0 Å². The lowest BCUT2D eigenvalue weighted by Crippen LogP contribution is -2.57. The van der Waals surface area contributed by atoms with Gasteiger partial charge in [0, 0.05) is 47.9 Å². The Labute approximate surface area is 167 Å². The molecule has 0 bridgehead atoms. The van der Waals surface area contributed by atoms with Crippen LogP contribution < -0.4 is 4.74 Å². The number of ether oxygens (including phenoxy) is 1. The van der Waals surface area contributed by atoms with Crippen LogP contribution in [0.5, 0.6) is 5.75 Å². The molecule has 0 saturated heterocycles. The number of halogens is 2. The van der Waals surface area contributed by atoms with E-state index in [-0.39, 0.29) is 6.04 Å². The van der Waals surface area contributed by atoms with Gasteiger partial charge in [-0.05, 0) is 42.3 Å². The smallest absolute Gasteiger partial charge is 0.497 e. The molecule has 0 amide bonds. The maximum absolute atomic E-state index is 15.7. The molecule has 5 rings (SSSR count). The van der Waals surface area contributed by atoms with Crippen molar-refractivity contribution in [2.45, 2.75) is 12.5 Å². The van der Waals surface area contributed by atoms with Crippen LogP contribution in [0, 0.1) is 0 Å². The molecule has 0 saturated carbocycles. The van der Waals surface area contributed by atoms with Gasteiger partial charge < -0.3 is 27.6 Å². The number of H-pyrrole nitrogens is 1. The number of benzene rings is 1. The number of hydrogen-bond acceptors (Lipinski definition) is 2. The maximum atomic E-state index is 15.7. The predicted molar refractivity (Wildman–Crippen MR) is 111 cm³/mol. The first kappa shape index (κ1) is 17.7. The number of rotatable bonds is 4. The number of aromatic nitrogens is 1. The van der Waals surface area contributed by atoms with Crippen molar-refractivity contribution in [2.24, 2.45) is 0 Å². The molecule has 4 heterocycles. The highest BCUT2D eigenvalue weighted by molar-refractivity contribution is 6.57. The molecule has 4 nitrogen and oxygen atoms in total. The van der Waals surface area contributed by atoms with Crippen molar-refractivity contribution in [3.63, 3.8) is 0 Å². The number of fused-ring (bicyclic) bond motifs is 2.